The summed E-state index contributed by atoms with van der Waals surface area (Å²) in [6.45, 7) is 0.708. The van der Waals surface area contributed by atoms with E-state index in [1.165, 1.54) is 24.8 Å². The number of ether oxygens (including phenoxy) is 1. The summed E-state index contributed by atoms with van der Waals surface area (Å²) < 4.78 is 6.47. The van der Waals surface area contributed by atoms with Crippen molar-refractivity contribution in [3.05, 3.63) is 28.2 Å². The summed E-state index contributed by atoms with van der Waals surface area (Å²) in [7, 11) is 1.71. The van der Waals surface area contributed by atoms with Gasteiger partial charge >= 0.3 is 0 Å². The van der Waals surface area contributed by atoms with Crippen LogP contribution in [0.25, 0.3) is 0 Å². The number of rotatable bonds is 3. The molecule has 1 aliphatic rings. The minimum atomic E-state index is 0.162. The van der Waals surface area contributed by atoms with Gasteiger partial charge in [-0.05, 0) is 34.8 Å². The molecule has 1 aromatic carbocycles. The Kier molecular flexibility index (Phi) is 3.03. The van der Waals surface area contributed by atoms with Crippen molar-refractivity contribution in [2.24, 2.45) is 5.73 Å². The van der Waals surface area contributed by atoms with Crippen LogP contribution in [0.3, 0.4) is 0 Å². The summed E-state index contributed by atoms with van der Waals surface area (Å²) in [5, 5.41) is 0. The summed E-state index contributed by atoms with van der Waals surface area (Å²) in [5.74, 6) is 0.947. The molecule has 1 aliphatic carbocycles. The number of hydrogen-bond acceptors (Lipinski definition) is 2. The Morgan fingerprint density at radius 2 is 2.20 bits per heavy atom. The van der Waals surface area contributed by atoms with E-state index in [-0.39, 0.29) is 5.41 Å². The molecule has 1 aromatic rings. The van der Waals surface area contributed by atoms with Gasteiger partial charge in [-0.15, -0.1) is 0 Å². The van der Waals surface area contributed by atoms with Gasteiger partial charge in [-0.3, -0.25) is 0 Å². The summed E-state index contributed by atoms with van der Waals surface area (Å²) in [6.07, 6.45) is 3.62. The first kappa shape index (κ1) is 11.0. The third-order valence-electron chi connectivity index (χ3n) is 3.44. The minimum Gasteiger partial charge on any atom is -0.495 e. The average Bonchev–Trinajstić information content (AvgIpc) is 2.17. The molecule has 2 N–H and O–H groups in total. The summed E-state index contributed by atoms with van der Waals surface area (Å²) in [5.41, 5.74) is 7.32. The van der Waals surface area contributed by atoms with Gasteiger partial charge < -0.3 is 10.5 Å². The van der Waals surface area contributed by atoms with Crippen molar-refractivity contribution in [1.82, 2.24) is 0 Å². The molecule has 0 unspecified atom stereocenters. The standard InChI is InChI=1S/C12H16BrNO/c1-15-11-9(4-2-5-10(11)13)12(8-14)6-3-7-12/h2,4-5H,3,6-8,14H2,1H3. The van der Waals surface area contributed by atoms with Crippen molar-refractivity contribution in [2.45, 2.75) is 24.7 Å². The molecule has 0 radical (unpaired) electrons. The Bertz CT molecular complexity index is 355. The highest BCUT2D eigenvalue weighted by atomic mass is 79.9. The number of benzene rings is 1. The third-order valence-corrected chi connectivity index (χ3v) is 4.07. The van der Waals surface area contributed by atoms with Gasteiger partial charge in [0.05, 0.1) is 11.6 Å². The SMILES string of the molecule is COc1c(Br)cccc1C1(CN)CCC1. The molecular weight excluding hydrogens is 254 g/mol. The highest BCUT2D eigenvalue weighted by Crippen LogP contribution is 2.47. The van der Waals surface area contributed by atoms with E-state index in [1.54, 1.807) is 7.11 Å². The van der Waals surface area contributed by atoms with Crippen molar-refractivity contribution in [2.75, 3.05) is 13.7 Å². The Hall–Kier alpha value is -0.540. The van der Waals surface area contributed by atoms with Gasteiger partial charge in [-0.2, -0.15) is 0 Å². The van der Waals surface area contributed by atoms with Crippen molar-refractivity contribution >= 4 is 15.9 Å². The Morgan fingerprint density at radius 1 is 1.47 bits per heavy atom. The quantitative estimate of drug-likeness (QED) is 0.916. The smallest absolute Gasteiger partial charge is 0.136 e. The van der Waals surface area contributed by atoms with Crippen LogP contribution in [-0.2, 0) is 5.41 Å². The lowest BCUT2D eigenvalue weighted by Gasteiger charge is -2.42. The highest BCUT2D eigenvalue weighted by Gasteiger charge is 2.39. The van der Waals surface area contributed by atoms with Gasteiger partial charge in [0.2, 0.25) is 0 Å². The summed E-state index contributed by atoms with van der Waals surface area (Å²) in [4.78, 5) is 0. The fraction of sp³-hybridized carbons (Fsp3) is 0.500. The van der Waals surface area contributed by atoms with Crippen molar-refractivity contribution in [1.29, 1.82) is 0 Å². The zero-order chi connectivity index (χ0) is 10.9. The molecule has 2 nitrogen and oxygen atoms in total. The number of para-hydroxylation sites is 1. The summed E-state index contributed by atoms with van der Waals surface area (Å²) >= 11 is 3.52. The van der Waals surface area contributed by atoms with Crippen LogP contribution in [0.5, 0.6) is 5.75 Å². The van der Waals surface area contributed by atoms with E-state index in [1.807, 2.05) is 6.07 Å². The predicted molar refractivity (Wildman–Crippen MR) is 65.3 cm³/mol. The molecule has 0 bridgehead atoms. The van der Waals surface area contributed by atoms with Crippen LogP contribution >= 0.6 is 15.9 Å². The van der Waals surface area contributed by atoms with Crippen LogP contribution in [0.1, 0.15) is 24.8 Å². The Morgan fingerprint density at radius 3 is 2.67 bits per heavy atom. The second-order valence-electron chi connectivity index (χ2n) is 4.16. The summed E-state index contributed by atoms with van der Waals surface area (Å²) in [6, 6.07) is 6.19. The first-order chi connectivity index (χ1) is 7.23. The van der Waals surface area contributed by atoms with Crippen LogP contribution in [0.15, 0.2) is 22.7 Å². The van der Waals surface area contributed by atoms with Crippen molar-refractivity contribution < 1.29 is 4.74 Å². The van der Waals surface area contributed by atoms with Crippen LogP contribution in [0, 0.1) is 0 Å². The molecule has 82 valence electrons. The zero-order valence-corrected chi connectivity index (χ0v) is 10.5. The minimum absolute atomic E-state index is 0.162. The van der Waals surface area contributed by atoms with Gasteiger partial charge in [0.1, 0.15) is 5.75 Å². The van der Waals surface area contributed by atoms with Crippen LogP contribution in [-0.4, -0.2) is 13.7 Å². The normalized spacial score (nSPS) is 18.3. The Balaban J connectivity index is 2.46. The first-order valence-electron chi connectivity index (χ1n) is 5.26. The molecule has 0 amide bonds. The molecule has 0 heterocycles. The van der Waals surface area contributed by atoms with Crippen molar-refractivity contribution in [3.8, 4) is 5.75 Å². The van der Waals surface area contributed by atoms with E-state index >= 15 is 0 Å². The molecule has 15 heavy (non-hydrogen) atoms. The fourth-order valence-electron chi connectivity index (χ4n) is 2.32. The van der Waals surface area contributed by atoms with Gasteiger partial charge in [0, 0.05) is 17.5 Å². The van der Waals surface area contributed by atoms with E-state index in [2.05, 4.69) is 28.1 Å². The van der Waals surface area contributed by atoms with E-state index in [0.717, 1.165) is 10.2 Å². The molecule has 0 aromatic heterocycles. The van der Waals surface area contributed by atoms with Gasteiger partial charge in [0.15, 0.2) is 0 Å². The number of hydrogen-bond donors (Lipinski definition) is 1. The van der Waals surface area contributed by atoms with Crippen LogP contribution in [0.2, 0.25) is 0 Å². The fourth-order valence-corrected chi connectivity index (χ4v) is 2.85. The van der Waals surface area contributed by atoms with Crippen molar-refractivity contribution in [3.63, 3.8) is 0 Å². The first-order valence-corrected chi connectivity index (χ1v) is 6.06. The van der Waals surface area contributed by atoms with Gasteiger partial charge in [-0.1, -0.05) is 18.6 Å². The van der Waals surface area contributed by atoms with E-state index < -0.39 is 0 Å². The molecular formula is C12H16BrNO. The molecule has 0 aliphatic heterocycles. The number of methoxy groups -OCH3 is 1. The third kappa shape index (κ3) is 1.68. The molecule has 0 atom stereocenters. The highest BCUT2D eigenvalue weighted by molar-refractivity contribution is 9.10. The van der Waals surface area contributed by atoms with Gasteiger partial charge in [-0.25, -0.2) is 0 Å². The van der Waals surface area contributed by atoms with E-state index in [9.17, 15) is 0 Å². The molecule has 1 fully saturated rings. The maximum Gasteiger partial charge on any atom is 0.136 e. The van der Waals surface area contributed by atoms with Gasteiger partial charge in [0.25, 0.3) is 0 Å². The van der Waals surface area contributed by atoms with E-state index in [4.69, 9.17) is 10.5 Å². The lowest BCUT2D eigenvalue weighted by atomic mass is 9.64. The zero-order valence-electron chi connectivity index (χ0n) is 8.92. The predicted octanol–water partition coefficient (Wildman–Crippen LogP) is 2.84. The second kappa shape index (κ2) is 4.14. The second-order valence-corrected chi connectivity index (χ2v) is 5.01. The Labute approximate surface area is 98.9 Å². The molecule has 0 saturated heterocycles. The molecule has 1 saturated carbocycles. The molecule has 0 spiro atoms. The lowest BCUT2D eigenvalue weighted by molar-refractivity contribution is 0.243. The van der Waals surface area contributed by atoms with Crippen LogP contribution in [0.4, 0.5) is 0 Å². The lowest BCUT2D eigenvalue weighted by Crippen LogP contribution is -2.41. The topological polar surface area (TPSA) is 35.2 Å². The maximum atomic E-state index is 5.90. The monoisotopic (exact) mass is 269 g/mol. The molecule has 2 rings (SSSR count). The molecule has 3 heteroatoms. The van der Waals surface area contributed by atoms with E-state index in [0.29, 0.717) is 6.54 Å². The maximum absolute atomic E-state index is 5.90. The largest absolute Gasteiger partial charge is 0.495 e. The average molecular weight is 270 g/mol. The van der Waals surface area contributed by atoms with Crippen LogP contribution < -0.4 is 10.5 Å². The number of halogens is 1. The number of nitrogens with two attached hydrogens (primary N) is 1.